The van der Waals surface area contributed by atoms with Crippen LogP contribution in [0, 0.1) is 5.92 Å². The number of ether oxygens (including phenoxy) is 2. The molecule has 1 heterocycles. The molecule has 0 radical (unpaired) electrons. The van der Waals surface area contributed by atoms with E-state index in [1.807, 2.05) is 13.8 Å². The van der Waals surface area contributed by atoms with Crippen LogP contribution in [-0.2, 0) is 41.1 Å². The van der Waals surface area contributed by atoms with Gasteiger partial charge in [-0.3, -0.25) is 14.1 Å². The average molecular weight is 893 g/mol. The second-order valence-corrected chi connectivity index (χ2v) is 21.8. The largest absolute Gasteiger partial charge is 0.490 e. The molecule has 1 aromatic carbocycles. The van der Waals surface area contributed by atoms with Crippen LogP contribution in [0.2, 0.25) is 0 Å². The second-order valence-electron chi connectivity index (χ2n) is 14.4. The number of hydrogen-bond acceptors (Lipinski definition) is 14. The summed E-state index contributed by atoms with van der Waals surface area (Å²) in [5.41, 5.74) is 0.670. The summed E-state index contributed by atoms with van der Waals surface area (Å²) >= 11 is 0. The highest BCUT2D eigenvalue weighted by molar-refractivity contribution is 8.77. The standard InChI is InChI=1S/C32H56BN2O16P3S2/c1-32(2,22-35-30(36)14-10-11-19-34-31(37)25-15-17-26(18-16-25)33(38)39)56-55-23-47-28-20-27(24-12-8-6-4-3-5-7-9-13-24)49-29(28)21-48-53(43,44)51-54(45,46)50-52(40,41)42/h15-18,24,27-29,38-39H,3-14,19-23H2,1-2H3,(H,34,37)(H,35,36)(H,43,44)(H,45,46)(H2,40,41,42)/t27-,28-,29?/m1/s1. The van der Waals surface area contributed by atoms with Gasteiger partial charge >= 0.3 is 30.6 Å². The Morgan fingerprint density at radius 3 is 2.12 bits per heavy atom. The Balaban J connectivity index is 1.44. The number of nitrogens with one attached hydrogen (secondary N) is 2. The van der Waals surface area contributed by atoms with E-state index in [0.29, 0.717) is 37.9 Å². The topological polar surface area (TPSA) is 277 Å². The van der Waals surface area contributed by atoms with Crippen LogP contribution in [0.3, 0.4) is 0 Å². The summed E-state index contributed by atoms with van der Waals surface area (Å²) in [5.74, 6) is -0.00351. The molecule has 24 heteroatoms. The van der Waals surface area contributed by atoms with Crippen LogP contribution < -0.4 is 16.1 Å². The molecule has 5 atom stereocenters. The normalized spacial score (nSPS) is 22.5. The SMILES string of the molecule is CC(C)(CNC(=O)CCCCNC(=O)c1ccc(B(O)O)cc1)SSCO[C@@H]1C[C@H](C2CCCCCCCCC2)OC1COP(=O)(O)OP(=O)(O)OP(=O)(O)O. The zero-order chi connectivity index (χ0) is 41.4. The number of unbranched alkanes of at least 4 members (excludes halogenated alkanes) is 1. The summed E-state index contributed by atoms with van der Waals surface area (Å²) in [6.45, 7) is 4.10. The van der Waals surface area contributed by atoms with Crippen molar-refractivity contribution >= 4 is 69.5 Å². The molecule has 3 rings (SSSR count). The summed E-state index contributed by atoms with van der Waals surface area (Å²) < 4.78 is 60.0. The van der Waals surface area contributed by atoms with Crippen molar-refractivity contribution < 1.29 is 75.5 Å². The van der Waals surface area contributed by atoms with Crippen LogP contribution in [0.4, 0.5) is 0 Å². The molecule has 8 N–H and O–H groups in total. The van der Waals surface area contributed by atoms with Crippen molar-refractivity contribution in [3.63, 3.8) is 0 Å². The number of hydrogen-bond donors (Lipinski definition) is 8. The maximum absolute atomic E-state index is 12.5. The fourth-order valence-electron chi connectivity index (χ4n) is 6.31. The highest BCUT2D eigenvalue weighted by Crippen LogP contribution is 2.66. The van der Waals surface area contributed by atoms with E-state index in [0.717, 1.165) is 38.5 Å². The van der Waals surface area contributed by atoms with Crippen molar-refractivity contribution in [2.45, 2.75) is 120 Å². The molecule has 56 heavy (non-hydrogen) atoms. The van der Waals surface area contributed by atoms with E-state index in [2.05, 4.69) is 19.3 Å². The molecular formula is C32H56BN2O16P3S2. The van der Waals surface area contributed by atoms with Gasteiger partial charge in [0.25, 0.3) is 5.91 Å². The summed E-state index contributed by atoms with van der Waals surface area (Å²) in [5, 5.41) is 24.1. The Labute approximate surface area is 336 Å². The van der Waals surface area contributed by atoms with Crippen molar-refractivity contribution in [2.75, 3.05) is 25.6 Å². The van der Waals surface area contributed by atoms with Crippen molar-refractivity contribution in [1.29, 1.82) is 0 Å². The van der Waals surface area contributed by atoms with E-state index in [1.165, 1.54) is 65.1 Å². The van der Waals surface area contributed by atoms with E-state index < -0.39 is 49.4 Å². The van der Waals surface area contributed by atoms with Gasteiger partial charge < -0.3 is 49.7 Å². The van der Waals surface area contributed by atoms with E-state index in [9.17, 15) is 43.1 Å². The summed E-state index contributed by atoms with van der Waals surface area (Å²) in [6, 6.07) is 5.93. The van der Waals surface area contributed by atoms with Crippen LogP contribution in [0.1, 0.15) is 108 Å². The van der Waals surface area contributed by atoms with Crippen LogP contribution in [0.25, 0.3) is 0 Å². The number of phosphoric ester groups is 1. The zero-order valence-corrected chi connectivity index (χ0v) is 36.0. The quantitative estimate of drug-likeness (QED) is 0.0261. The third-order valence-electron chi connectivity index (χ3n) is 9.14. The van der Waals surface area contributed by atoms with Crippen LogP contribution in [0.5, 0.6) is 0 Å². The minimum atomic E-state index is -5.67. The minimum absolute atomic E-state index is 0.127. The average Bonchev–Trinajstić information content (AvgIpc) is 3.51. The molecule has 2 fully saturated rings. The fraction of sp³-hybridized carbons (Fsp3) is 0.750. The molecule has 1 aliphatic heterocycles. The third kappa shape index (κ3) is 20.0. The van der Waals surface area contributed by atoms with E-state index in [4.69, 9.17) is 23.8 Å². The van der Waals surface area contributed by atoms with Gasteiger partial charge in [0.15, 0.2) is 0 Å². The Morgan fingerprint density at radius 1 is 0.893 bits per heavy atom. The molecule has 1 aromatic rings. The summed E-state index contributed by atoms with van der Waals surface area (Å²) in [6.07, 6.45) is 10.1. The lowest BCUT2D eigenvalue weighted by Gasteiger charge is -2.25. The molecule has 0 aromatic heterocycles. The number of benzene rings is 1. The highest BCUT2D eigenvalue weighted by Gasteiger charge is 2.44. The van der Waals surface area contributed by atoms with E-state index in [-0.39, 0.29) is 46.4 Å². The Morgan fingerprint density at radius 2 is 1.52 bits per heavy atom. The molecule has 3 unspecified atom stereocenters. The molecular weight excluding hydrogens is 836 g/mol. The van der Waals surface area contributed by atoms with Crippen molar-refractivity contribution in [1.82, 2.24) is 10.6 Å². The Bertz CT molecular complexity index is 1520. The maximum Gasteiger partial charge on any atom is 0.490 e. The number of rotatable bonds is 22. The lowest BCUT2D eigenvalue weighted by molar-refractivity contribution is -0.121. The molecule has 1 saturated carbocycles. The van der Waals surface area contributed by atoms with Gasteiger partial charge in [-0.1, -0.05) is 78.7 Å². The van der Waals surface area contributed by atoms with Gasteiger partial charge in [0.2, 0.25) is 5.91 Å². The van der Waals surface area contributed by atoms with Gasteiger partial charge in [-0.25, -0.2) is 13.7 Å². The molecule has 0 bridgehead atoms. The zero-order valence-electron chi connectivity index (χ0n) is 31.6. The van der Waals surface area contributed by atoms with Gasteiger partial charge in [0.05, 0.1) is 18.8 Å². The number of amides is 2. The second kappa shape index (κ2) is 23.8. The first-order valence-electron chi connectivity index (χ1n) is 18.6. The van der Waals surface area contributed by atoms with Gasteiger partial charge in [0, 0.05) is 36.2 Å². The van der Waals surface area contributed by atoms with Gasteiger partial charge in [-0.05, 0) is 63.0 Å². The maximum atomic E-state index is 12.5. The van der Waals surface area contributed by atoms with Crippen molar-refractivity contribution in [2.24, 2.45) is 5.92 Å². The fourth-order valence-corrected chi connectivity index (χ4v) is 11.5. The lowest BCUT2D eigenvalue weighted by Crippen LogP contribution is -2.36. The predicted octanol–water partition coefficient (Wildman–Crippen LogP) is 4.53. The molecule has 320 valence electrons. The first kappa shape index (κ1) is 49.5. The minimum Gasteiger partial charge on any atom is -0.423 e. The predicted molar refractivity (Wildman–Crippen MR) is 213 cm³/mol. The van der Waals surface area contributed by atoms with E-state index in [1.54, 1.807) is 0 Å². The highest BCUT2D eigenvalue weighted by atomic mass is 33.1. The van der Waals surface area contributed by atoms with Crippen LogP contribution >= 0.6 is 45.1 Å². The van der Waals surface area contributed by atoms with Gasteiger partial charge in [-0.2, -0.15) is 8.62 Å². The van der Waals surface area contributed by atoms with Crippen molar-refractivity contribution in [3.8, 4) is 0 Å². The summed E-state index contributed by atoms with van der Waals surface area (Å²) in [7, 11) is -15.3. The molecule has 1 saturated heterocycles. The van der Waals surface area contributed by atoms with Crippen LogP contribution in [0.15, 0.2) is 24.3 Å². The lowest BCUT2D eigenvalue weighted by atomic mass is 9.80. The number of carbonyl (C=O) groups is 2. The monoisotopic (exact) mass is 892 g/mol. The smallest absolute Gasteiger partial charge is 0.423 e. The molecule has 0 spiro atoms. The molecule has 2 aliphatic rings. The number of carbonyl (C=O) groups excluding carboxylic acids is 2. The first-order chi connectivity index (χ1) is 26.2. The van der Waals surface area contributed by atoms with E-state index >= 15 is 0 Å². The third-order valence-corrected chi connectivity index (χ3v) is 15.9. The van der Waals surface area contributed by atoms with Crippen molar-refractivity contribution in [3.05, 3.63) is 29.8 Å². The summed E-state index contributed by atoms with van der Waals surface area (Å²) in [4.78, 5) is 62.0. The molecule has 2 amide bonds. The molecule has 18 nitrogen and oxygen atoms in total. The van der Waals surface area contributed by atoms with Gasteiger partial charge in [-0.15, -0.1) is 0 Å². The van der Waals surface area contributed by atoms with Gasteiger partial charge in [0.1, 0.15) is 12.0 Å². The first-order valence-corrected chi connectivity index (χ1v) is 25.5. The Kier molecular flexibility index (Phi) is 21.1. The number of phosphoric acid groups is 3. The molecule has 1 aliphatic carbocycles. The van der Waals surface area contributed by atoms with Crippen LogP contribution in [-0.4, -0.2) is 97.2 Å². The Hall–Kier alpha value is -0.825.